The van der Waals surface area contributed by atoms with E-state index in [-0.39, 0.29) is 11.3 Å². The standard InChI is InChI=1S/C30H36N4O4S/c1-22-20-37-18-17-34(22)28-19-25(21-39(2,36)27-11-7-4-8-12-27)31-29(33-28)23-13-15-24(16-14-23)32-30(35)38-26-9-5-3-6-10-26/h3,5-6,9-10,13-16,19,22,27H,2,4,7-8,11-12,17-18,20-21H2,1H3,(H,32,35)/t22-,39?/m0/s1. The van der Waals surface area contributed by atoms with Crippen LogP contribution < -0.4 is 15.0 Å². The fraction of sp³-hybridized carbons (Fsp3) is 0.400. The number of carbonyl (C=O) groups is 1. The topological polar surface area (TPSA) is 93.7 Å². The third kappa shape index (κ3) is 6.96. The minimum atomic E-state index is -2.34. The molecule has 3 aromatic rings. The number of rotatable bonds is 7. The molecule has 0 spiro atoms. The molecule has 0 radical (unpaired) electrons. The van der Waals surface area contributed by atoms with E-state index in [1.54, 1.807) is 36.4 Å². The highest BCUT2D eigenvalue weighted by Gasteiger charge is 2.26. The summed E-state index contributed by atoms with van der Waals surface area (Å²) in [6.07, 6.45) is 4.80. The van der Waals surface area contributed by atoms with Gasteiger partial charge in [0.05, 0.1) is 30.7 Å². The Hall–Kier alpha value is -3.43. The Labute approximate surface area is 230 Å². The van der Waals surface area contributed by atoms with E-state index >= 15 is 0 Å². The molecule has 1 aliphatic carbocycles. The maximum atomic E-state index is 13.7. The minimum absolute atomic E-state index is 0.136. The summed E-state index contributed by atoms with van der Waals surface area (Å²) in [6, 6.07) is 18.4. The van der Waals surface area contributed by atoms with E-state index in [9.17, 15) is 9.00 Å². The summed E-state index contributed by atoms with van der Waals surface area (Å²) in [5, 5.41) is 2.88. The zero-order valence-electron chi connectivity index (χ0n) is 22.4. The van der Waals surface area contributed by atoms with Crippen molar-refractivity contribution >= 4 is 33.0 Å². The number of ether oxygens (including phenoxy) is 2. The van der Waals surface area contributed by atoms with Gasteiger partial charge in [0.15, 0.2) is 5.82 Å². The van der Waals surface area contributed by atoms with Gasteiger partial charge in [0.1, 0.15) is 11.6 Å². The molecule has 1 unspecified atom stereocenters. The molecule has 8 nitrogen and oxygen atoms in total. The van der Waals surface area contributed by atoms with Crippen molar-refractivity contribution in [1.29, 1.82) is 0 Å². The number of benzene rings is 2. The Morgan fingerprint density at radius 1 is 1.10 bits per heavy atom. The van der Waals surface area contributed by atoms with Crippen LogP contribution in [0.4, 0.5) is 16.3 Å². The van der Waals surface area contributed by atoms with Gasteiger partial charge in [0, 0.05) is 29.1 Å². The lowest BCUT2D eigenvalue weighted by Crippen LogP contribution is -2.44. The molecule has 2 heterocycles. The van der Waals surface area contributed by atoms with E-state index in [0.29, 0.717) is 36.2 Å². The van der Waals surface area contributed by atoms with Crippen molar-refractivity contribution in [1.82, 2.24) is 9.97 Å². The summed E-state index contributed by atoms with van der Waals surface area (Å²) >= 11 is 0. The first kappa shape index (κ1) is 27.1. The summed E-state index contributed by atoms with van der Waals surface area (Å²) < 4.78 is 24.7. The molecule has 1 N–H and O–H groups in total. The van der Waals surface area contributed by atoms with Crippen LogP contribution in [0, 0.1) is 0 Å². The fourth-order valence-corrected chi connectivity index (χ4v) is 7.28. The second kappa shape index (κ2) is 12.2. The Morgan fingerprint density at radius 2 is 1.85 bits per heavy atom. The van der Waals surface area contributed by atoms with Crippen LogP contribution in [0.3, 0.4) is 0 Å². The quantitative estimate of drug-likeness (QED) is 0.388. The maximum Gasteiger partial charge on any atom is 0.417 e. The third-order valence-electron chi connectivity index (χ3n) is 7.32. The molecule has 1 aromatic heterocycles. The first-order chi connectivity index (χ1) is 18.9. The van der Waals surface area contributed by atoms with Crippen molar-refractivity contribution in [2.45, 2.75) is 56.1 Å². The van der Waals surface area contributed by atoms with E-state index in [1.165, 1.54) is 6.42 Å². The average molecular weight is 549 g/mol. The van der Waals surface area contributed by atoms with Crippen molar-refractivity contribution in [2.24, 2.45) is 0 Å². The predicted octanol–water partition coefficient (Wildman–Crippen LogP) is 5.53. The average Bonchev–Trinajstić information content (AvgIpc) is 2.94. The molecular weight excluding hydrogens is 512 g/mol. The number of hydrogen-bond donors (Lipinski definition) is 1. The Balaban J connectivity index is 1.38. The van der Waals surface area contributed by atoms with Crippen LogP contribution in [0.2, 0.25) is 0 Å². The smallest absolute Gasteiger partial charge is 0.410 e. The van der Waals surface area contributed by atoms with Crippen molar-refractivity contribution in [3.05, 3.63) is 66.4 Å². The Morgan fingerprint density at radius 3 is 2.56 bits per heavy atom. The highest BCUT2D eigenvalue weighted by Crippen LogP contribution is 2.29. The number of para-hydroxylation sites is 1. The van der Waals surface area contributed by atoms with Crippen molar-refractivity contribution in [3.63, 3.8) is 0 Å². The number of nitrogens with zero attached hydrogens (tertiary/aromatic N) is 3. The molecule has 1 saturated heterocycles. The van der Waals surface area contributed by atoms with Gasteiger partial charge in [0.25, 0.3) is 0 Å². The van der Waals surface area contributed by atoms with Crippen LogP contribution in [-0.4, -0.2) is 57.2 Å². The van der Waals surface area contributed by atoms with Gasteiger partial charge in [-0.1, -0.05) is 37.5 Å². The van der Waals surface area contributed by atoms with Gasteiger partial charge in [-0.05, 0) is 71.6 Å². The molecule has 39 heavy (non-hydrogen) atoms. The highest BCUT2D eigenvalue weighted by atomic mass is 32.2. The molecule has 2 fully saturated rings. The van der Waals surface area contributed by atoms with Crippen molar-refractivity contribution in [3.8, 4) is 17.1 Å². The van der Waals surface area contributed by atoms with Gasteiger partial charge >= 0.3 is 6.09 Å². The van der Waals surface area contributed by atoms with Gasteiger partial charge < -0.3 is 14.4 Å². The predicted molar refractivity (Wildman–Crippen MR) is 157 cm³/mol. The van der Waals surface area contributed by atoms with Gasteiger partial charge in [-0.25, -0.2) is 14.8 Å². The number of hydrogen-bond acceptors (Lipinski definition) is 7. The number of carbonyl (C=O) groups excluding carboxylic acids is 1. The third-order valence-corrected chi connectivity index (χ3v) is 9.79. The second-order valence-electron chi connectivity index (χ2n) is 10.3. The molecule has 0 bridgehead atoms. The van der Waals surface area contributed by atoms with Crippen LogP contribution >= 0.6 is 0 Å². The van der Waals surface area contributed by atoms with Crippen molar-refractivity contribution < 1.29 is 18.5 Å². The molecular formula is C30H36N4O4S. The summed E-state index contributed by atoms with van der Waals surface area (Å²) in [4.78, 5) is 24.3. The van der Waals surface area contributed by atoms with Crippen LogP contribution in [0.15, 0.2) is 60.7 Å². The zero-order valence-corrected chi connectivity index (χ0v) is 23.2. The molecule has 206 valence electrons. The molecule has 5 rings (SSSR count). The largest absolute Gasteiger partial charge is 0.417 e. The van der Waals surface area contributed by atoms with E-state index in [0.717, 1.165) is 49.3 Å². The summed E-state index contributed by atoms with van der Waals surface area (Å²) in [6.45, 7) is 4.10. The lowest BCUT2D eigenvalue weighted by Gasteiger charge is -2.34. The first-order valence-corrected chi connectivity index (χ1v) is 15.5. The number of anilines is 2. The SMILES string of the molecule is C=S(=O)(Cc1cc(N2CCOC[C@@H]2C)nc(-c2ccc(NC(=O)Oc3ccccc3)cc2)n1)C1CCCCC1. The number of nitrogens with one attached hydrogen (secondary N) is 1. The van der Waals surface area contributed by atoms with Crippen LogP contribution in [-0.2, 0) is 20.0 Å². The fourth-order valence-electron chi connectivity index (χ4n) is 5.21. The number of aromatic nitrogens is 2. The van der Waals surface area contributed by atoms with Crippen LogP contribution in [0.25, 0.3) is 11.4 Å². The minimum Gasteiger partial charge on any atom is -0.410 e. The summed E-state index contributed by atoms with van der Waals surface area (Å²) in [5.74, 6) is 6.36. The molecule has 1 aliphatic heterocycles. The molecule has 1 amide bonds. The molecule has 1 saturated carbocycles. The normalized spacial score (nSPS) is 19.7. The van der Waals surface area contributed by atoms with Gasteiger partial charge in [0.2, 0.25) is 0 Å². The first-order valence-electron chi connectivity index (χ1n) is 13.6. The number of amides is 1. The van der Waals surface area contributed by atoms with Crippen LogP contribution in [0.5, 0.6) is 5.75 Å². The van der Waals surface area contributed by atoms with Gasteiger partial charge in [-0.3, -0.25) is 9.53 Å². The maximum absolute atomic E-state index is 13.7. The Kier molecular flexibility index (Phi) is 8.47. The van der Waals surface area contributed by atoms with Gasteiger partial charge in [-0.2, -0.15) is 0 Å². The van der Waals surface area contributed by atoms with Crippen molar-refractivity contribution in [2.75, 3.05) is 30.0 Å². The summed E-state index contributed by atoms with van der Waals surface area (Å²) in [5.41, 5.74) is 2.14. The van der Waals surface area contributed by atoms with Gasteiger partial charge in [-0.15, -0.1) is 0 Å². The zero-order chi connectivity index (χ0) is 27.2. The lowest BCUT2D eigenvalue weighted by atomic mass is 10.0. The van der Waals surface area contributed by atoms with E-state index < -0.39 is 15.6 Å². The molecule has 9 heteroatoms. The van der Waals surface area contributed by atoms with E-state index in [2.05, 4.69) is 23.0 Å². The van der Waals surface area contributed by atoms with Crippen LogP contribution in [0.1, 0.15) is 44.7 Å². The second-order valence-corrected chi connectivity index (χ2v) is 13.0. The molecule has 2 aromatic carbocycles. The number of morpholine rings is 1. The van der Waals surface area contributed by atoms with E-state index in [1.807, 2.05) is 24.3 Å². The lowest BCUT2D eigenvalue weighted by molar-refractivity contribution is 0.0985. The molecule has 2 aliphatic rings. The highest BCUT2D eigenvalue weighted by molar-refractivity contribution is 8.00. The monoisotopic (exact) mass is 548 g/mol. The Bertz CT molecular complexity index is 1370. The van der Waals surface area contributed by atoms with E-state index in [4.69, 9.17) is 19.4 Å². The summed E-state index contributed by atoms with van der Waals surface area (Å²) in [7, 11) is -2.34. The molecule has 2 atom stereocenters.